The number of nitrogens with zero attached hydrogens (tertiary/aromatic N) is 2. The summed E-state index contributed by atoms with van der Waals surface area (Å²) in [6.07, 6.45) is 1.80. The molecule has 2 aromatic rings. The van der Waals surface area contributed by atoms with E-state index >= 15 is 0 Å². The Labute approximate surface area is 94.5 Å². The second-order valence-electron chi connectivity index (χ2n) is 3.79. The summed E-state index contributed by atoms with van der Waals surface area (Å²) in [4.78, 5) is 0. The normalized spacial score (nSPS) is 10.6. The zero-order valence-electron chi connectivity index (χ0n) is 9.53. The fourth-order valence-corrected chi connectivity index (χ4v) is 1.65. The van der Waals surface area contributed by atoms with Gasteiger partial charge in [0.1, 0.15) is 0 Å². The number of rotatable bonds is 3. The highest BCUT2D eigenvalue weighted by Gasteiger charge is 2.13. The van der Waals surface area contributed by atoms with Crippen molar-refractivity contribution in [1.29, 1.82) is 0 Å². The maximum Gasteiger partial charge on any atom is 0.250 e. The van der Waals surface area contributed by atoms with Crippen molar-refractivity contribution in [2.45, 2.75) is 26.7 Å². The van der Waals surface area contributed by atoms with E-state index in [2.05, 4.69) is 17.1 Å². The molecule has 1 aromatic carbocycles. The number of anilines is 1. The topological polar surface area (TPSA) is 64.9 Å². The van der Waals surface area contributed by atoms with Crippen LogP contribution in [-0.2, 0) is 6.42 Å². The molecule has 0 saturated heterocycles. The first-order chi connectivity index (χ1) is 7.72. The number of nitrogens with two attached hydrogens (primary N) is 1. The van der Waals surface area contributed by atoms with Crippen molar-refractivity contribution in [2.75, 3.05) is 5.73 Å². The predicted octanol–water partition coefficient (Wildman–Crippen LogP) is 2.58. The fourth-order valence-electron chi connectivity index (χ4n) is 1.65. The largest absolute Gasteiger partial charge is 0.421 e. The van der Waals surface area contributed by atoms with Crippen LogP contribution in [0.4, 0.5) is 5.69 Å². The maximum absolute atomic E-state index is 5.91. The molecule has 84 valence electrons. The summed E-state index contributed by atoms with van der Waals surface area (Å²) in [5.74, 6) is 1.18. The van der Waals surface area contributed by atoms with Crippen LogP contribution >= 0.6 is 0 Å². The van der Waals surface area contributed by atoms with E-state index in [1.165, 1.54) is 0 Å². The number of hydrogen-bond donors (Lipinski definition) is 1. The van der Waals surface area contributed by atoms with E-state index in [-0.39, 0.29) is 0 Å². The molecule has 0 saturated carbocycles. The molecule has 2 rings (SSSR count). The van der Waals surface area contributed by atoms with Gasteiger partial charge in [0.15, 0.2) is 0 Å². The van der Waals surface area contributed by atoms with Crippen molar-refractivity contribution in [3.63, 3.8) is 0 Å². The van der Waals surface area contributed by atoms with Gasteiger partial charge in [0.05, 0.1) is 5.56 Å². The average Bonchev–Trinajstić information content (AvgIpc) is 2.67. The minimum atomic E-state index is 0.513. The molecule has 0 aliphatic heterocycles. The molecule has 0 aliphatic carbocycles. The van der Waals surface area contributed by atoms with Crippen molar-refractivity contribution in [2.24, 2.45) is 0 Å². The minimum Gasteiger partial charge on any atom is -0.421 e. The number of benzene rings is 1. The second-order valence-corrected chi connectivity index (χ2v) is 3.79. The van der Waals surface area contributed by atoms with Crippen molar-refractivity contribution >= 4 is 5.69 Å². The van der Waals surface area contributed by atoms with Gasteiger partial charge in [-0.15, -0.1) is 10.2 Å². The van der Waals surface area contributed by atoms with Crippen molar-refractivity contribution in [3.05, 3.63) is 29.7 Å². The fraction of sp³-hybridized carbons (Fsp3) is 0.333. The van der Waals surface area contributed by atoms with E-state index in [1.54, 1.807) is 0 Å². The summed E-state index contributed by atoms with van der Waals surface area (Å²) in [5, 5.41) is 8.02. The maximum atomic E-state index is 5.91. The zero-order valence-corrected chi connectivity index (χ0v) is 9.53. The van der Waals surface area contributed by atoms with Gasteiger partial charge >= 0.3 is 0 Å². The Bertz CT molecular complexity index is 471. The standard InChI is InChI=1S/C12H15N3O/c1-3-5-10-14-15-12(16-10)11-8(2)6-4-7-9(11)13/h4,6-7H,3,5,13H2,1-2H3. The highest BCUT2D eigenvalue weighted by Crippen LogP contribution is 2.28. The summed E-state index contributed by atoms with van der Waals surface area (Å²) in [7, 11) is 0. The lowest BCUT2D eigenvalue weighted by molar-refractivity contribution is 0.502. The van der Waals surface area contributed by atoms with E-state index in [1.807, 2.05) is 25.1 Å². The Hall–Kier alpha value is -1.84. The molecular weight excluding hydrogens is 202 g/mol. The molecule has 0 amide bonds. The molecular formula is C12H15N3O. The van der Waals surface area contributed by atoms with Crippen molar-refractivity contribution in [3.8, 4) is 11.5 Å². The molecule has 0 spiro atoms. The van der Waals surface area contributed by atoms with Gasteiger partial charge in [0, 0.05) is 12.1 Å². The van der Waals surface area contributed by atoms with Gasteiger partial charge in [-0.25, -0.2) is 0 Å². The molecule has 0 fully saturated rings. The van der Waals surface area contributed by atoms with Crippen LogP contribution in [0.1, 0.15) is 24.8 Å². The van der Waals surface area contributed by atoms with Crippen molar-refractivity contribution in [1.82, 2.24) is 10.2 Å². The quantitative estimate of drug-likeness (QED) is 0.802. The van der Waals surface area contributed by atoms with E-state index < -0.39 is 0 Å². The first-order valence-electron chi connectivity index (χ1n) is 5.40. The molecule has 2 N–H and O–H groups in total. The molecule has 1 aromatic heterocycles. The van der Waals surface area contributed by atoms with E-state index in [0.29, 0.717) is 17.5 Å². The van der Waals surface area contributed by atoms with Crippen LogP contribution in [0.2, 0.25) is 0 Å². The molecule has 0 atom stereocenters. The van der Waals surface area contributed by atoms with Crippen LogP contribution in [0.15, 0.2) is 22.6 Å². The predicted molar refractivity (Wildman–Crippen MR) is 62.9 cm³/mol. The number of nitrogen functional groups attached to an aromatic ring is 1. The SMILES string of the molecule is CCCc1nnc(-c2c(C)cccc2N)o1. The van der Waals surface area contributed by atoms with Crippen LogP contribution in [-0.4, -0.2) is 10.2 Å². The Morgan fingerprint density at radius 2 is 2.12 bits per heavy atom. The lowest BCUT2D eigenvalue weighted by atomic mass is 10.1. The van der Waals surface area contributed by atoms with Crippen LogP contribution in [0.25, 0.3) is 11.5 Å². The summed E-state index contributed by atoms with van der Waals surface area (Å²) >= 11 is 0. The third-order valence-electron chi connectivity index (χ3n) is 2.45. The van der Waals surface area contributed by atoms with Crippen molar-refractivity contribution < 1.29 is 4.42 Å². The Morgan fingerprint density at radius 1 is 1.31 bits per heavy atom. The first-order valence-corrected chi connectivity index (χ1v) is 5.40. The molecule has 0 unspecified atom stereocenters. The van der Waals surface area contributed by atoms with Crippen LogP contribution in [0.3, 0.4) is 0 Å². The third-order valence-corrected chi connectivity index (χ3v) is 2.45. The van der Waals surface area contributed by atoms with E-state index in [0.717, 1.165) is 24.0 Å². The Kier molecular flexibility index (Phi) is 2.90. The zero-order chi connectivity index (χ0) is 11.5. The van der Waals surface area contributed by atoms with E-state index in [4.69, 9.17) is 10.2 Å². The molecule has 1 heterocycles. The average molecular weight is 217 g/mol. The van der Waals surface area contributed by atoms with Gasteiger partial charge in [0.25, 0.3) is 0 Å². The van der Waals surface area contributed by atoms with E-state index in [9.17, 15) is 0 Å². The second kappa shape index (κ2) is 4.35. The van der Waals surface area contributed by atoms with Gasteiger partial charge in [-0.3, -0.25) is 0 Å². The van der Waals surface area contributed by atoms with Gasteiger partial charge in [-0.1, -0.05) is 19.1 Å². The smallest absolute Gasteiger partial charge is 0.250 e. The number of aromatic nitrogens is 2. The molecule has 0 radical (unpaired) electrons. The Morgan fingerprint density at radius 3 is 2.81 bits per heavy atom. The lowest BCUT2D eigenvalue weighted by Crippen LogP contribution is -1.92. The molecule has 4 heteroatoms. The summed E-state index contributed by atoms with van der Waals surface area (Å²) in [6.45, 7) is 4.06. The van der Waals surface area contributed by atoms with Gasteiger partial charge in [-0.05, 0) is 25.0 Å². The molecule has 4 nitrogen and oxygen atoms in total. The van der Waals surface area contributed by atoms with Gasteiger partial charge in [-0.2, -0.15) is 0 Å². The lowest BCUT2D eigenvalue weighted by Gasteiger charge is -2.03. The summed E-state index contributed by atoms with van der Waals surface area (Å²) in [6, 6.07) is 5.74. The Balaban J connectivity index is 2.42. The number of aryl methyl sites for hydroxylation is 2. The minimum absolute atomic E-state index is 0.513. The molecule has 0 bridgehead atoms. The third kappa shape index (κ3) is 1.91. The molecule has 0 aliphatic rings. The van der Waals surface area contributed by atoms with Crippen LogP contribution in [0, 0.1) is 6.92 Å². The summed E-state index contributed by atoms with van der Waals surface area (Å²) in [5.41, 5.74) is 8.47. The van der Waals surface area contributed by atoms with Gasteiger partial charge in [0.2, 0.25) is 11.8 Å². The highest BCUT2D eigenvalue weighted by atomic mass is 16.4. The monoisotopic (exact) mass is 217 g/mol. The highest BCUT2D eigenvalue weighted by molar-refractivity contribution is 5.73. The van der Waals surface area contributed by atoms with Crippen LogP contribution in [0.5, 0.6) is 0 Å². The van der Waals surface area contributed by atoms with Crippen LogP contribution < -0.4 is 5.73 Å². The molecule has 16 heavy (non-hydrogen) atoms. The first kappa shape index (κ1) is 10.7. The van der Waals surface area contributed by atoms with Gasteiger partial charge < -0.3 is 10.2 Å². The number of hydrogen-bond acceptors (Lipinski definition) is 4. The summed E-state index contributed by atoms with van der Waals surface area (Å²) < 4.78 is 5.57.